The van der Waals surface area contributed by atoms with E-state index in [0.29, 0.717) is 0 Å². The van der Waals surface area contributed by atoms with Gasteiger partial charge in [0.1, 0.15) is 5.02 Å². The zero-order valence-corrected chi connectivity index (χ0v) is 17.2. The number of rotatable bonds is 8. The molecule has 0 heterocycles. The Labute approximate surface area is 193 Å². The van der Waals surface area contributed by atoms with Crippen LogP contribution in [0.2, 0.25) is 10.0 Å². The fraction of sp³-hybridized carbons (Fsp3) is 0. The molecule has 0 spiro atoms. The van der Waals surface area contributed by atoms with Gasteiger partial charge in [-0.2, -0.15) is 0 Å². The third kappa shape index (κ3) is 4.25. The van der Waals surface area contributed by atoms with Gasteiger partial charge < -0.3 is 0 Å². The van der Waals surface area contributed by atoms with E-state index < -0.39 is 84.9 Å². The minimum absolute atomic E-state index is 0.488. The fourth-order valence-electron chi connectivity index (χ4n) is 2.84. The molecular formula is C14H4Cl2N6O12. The molecule has 0 aromatic heterocycles. The second kappa shape index (κ2) is 9.34. The van der Waals surface area contributed by atoms with Gasteiger partial charge in [-0.1, -0.05) is 35.3 Å². The first-order valence-electron chi connectivity index (χ1n) is 7.99. The summed E-state index contributed by atoms with van der Waals surface area (Å²) in [5.74, 6) is 0. The van der Waals surface area contributed by atoms with E-state index in [1.165, 1.54) is 6.07 Å². The number of nitro groups is 6. The van der Waals surface area contributed by atoms with Crippen molar-refractivity contribution in [3.05, 3.63) is 106 Å². The summed E-state index contributed by atoms with van der Waals surface area (Å²) in [4.78, 5) is 59.7. The number of halogens is 2. The largest absolute Gasteiger partial charge is 0.431 e. The van der Waals surface area contributed by atoms with Crippen molar-refractivity contribution >= 4 is 57.3 Å². The molecule has 0 saturated heterocycles. The first-order valence-corrected chi connectivity index (χ1v) is 8.74. The van der Waals surface area contributed by atoms with E-state index in [1.54, 1.807) is 0 Å². The van der Waals surface area contributed by atoms with Gasteiger partial charge in [-0.15, -0.1) is 0 Å². The fourth-order valence-corrected chi connectivity index (χ4v) is 3.40. The Kier molecular flexibility index (Phi) is 6.98. The Morgan fingerprint density at radius 3 is 1.38 bits per heavy atom. The minimum Gasteiger partial charge on any atom is -0.258 e. The topological polar surface area (TPSA) is 259 Å². The maximum atomic E-state index is 11.9. The van der Waals surface area contributed by atoms with Gasteiger partial charge >= 0.3 is 34.1 Å². The number of nitro benzene ring substituents is 4. The maximum absolute atomic E-state index is 11.9. The Balaban J connectivity index is 3.43. The second-order valence-corrected chi connectivity index (χ2v) is 6.59. The summed E-state index contributed by atoms with van der Waals surface area (Å²) in [5.41, 5.74) is -14.2. The van der Waals surface area contributed by atoms with E-state index in [9.17, 15) is 60.7 Å². The first-order chi connectivity index (χ1) is 15.7. The van der Waals surface area contributed by atoms with Gasteiger partial charge in [-0.05, 0) is 12.1 Å². The van der Waals surface area contributed by atoms with Crippen LogP contribution < -0.4 is 0 Å². The standard InChI is InChI=1S/C14H4Cl2N6O12/c15-6-4-2-1-3-5(6)9(17(23)24)10(18(25)26)7-8(16)12(20(29)30)14(22(33)34)13(21(31)32)11(7)19(27)28/h1-4H. The number of hydrogen-bond acceptors (Lipinski definition) is 12. The Morgan fingerprint density at radius 1 is 0.588 bits per heavy atom. The third-order valence-corrected chi connectivity index (χ3v) is 4.72. The molecule has 0 radical (unpaired) electrons. The number of hydrogen-bond donors (Lipinski definition) is 0. The van der Waals surface area contributed by atoms with Gasteiger partial charge in [-0.3, -0.25) is 60.7 Å². The molecule has 2 aromatic carbocycles. The molecule has 0 aliphatic rings. The van der Waals surface area contributed by atoms with Gasteiger partial charge in [0.15, 0.2) is 5.56 Å². The van der Waals surface area contributed by atoms with Crippen molar-refractivity contribution in [2.24, 2.45) is 0 Å². The van der Waals surface area contributed by atoms with E-state index in [0.717, 1.165) is 18.2 Å². The lowest BCUT2D eigenvalue weighted by molar-refractivity contribution is -0.452. The number of benzene rings is 2. The van der Waals surface area contributed by atoms with Gasteiger partial charge in [0.05, 0.1) is 40.1 Å². The molecule has 20 heteroatoms. The molecule has 0 bridgehead atoms. The van der Waals surface area contributed by atoms with Gasteiger partial charge in [0, 0.05) is 0 Å². The monoisotopic (exact) mass is 518 g/mol. The van der Waals surface area contributed by atoms with Crippen LogP contribution in [0.5, 0.6) is 0 Å². The summed E-state index contributed by atoms with van der Waals surface area (Å²) in [6.07, 6.45) is 0. The molecule has 2 rings (SSSR count). The predicted molar refractivity (Wildman–Crippen MR) is 110 cm³/mol. The summed E-state index contributed by atoms with van der Waals surface area (Å²) < 4.78 is 0. The van der Waals surface area contributed by atoms with E-state index in [1.807, 2.05) is 0 Å². The van der Waals surface area contributed by atoms with Crippen molar-refractivity contribution in [2.75, 3.05) is 0 Å². The second-order valence-electron chi connectivity index (χ2n) is 5.80. The SMILES string of the molecule is O=[N+]([O-])C(=C(c1c(Cl)c([N+](=O)[O-])c([N+](=O)[O-])c([N+](=O)[O-])c1[N+](=O)[O-])[N+](=O)[O-])c1ccccc1Cl. The third-order valence-electron chi connectivity index (χ3n) is 4.02. The summed E-state index contributed by atoms with van der Waals surface area (Å²) in [5, 5.41) is 67.5. The quantitative estimate of drug-likeness (QED) is 0.272. The minimum atomic E-state index is -2.15. The molecule has 0 aliphatic carbocycles. The smallest absolute Gasteiger partial charge is 0.258 e. The summed E-state index contributed by atoms with van der Waals surface area (Å²) in [6.45, 7) is 0. The van der Waals surface area contributed by atoms with Crippen LogP contribution in [0.25, 0.3) is 11.4 Å². The van der Waals surface area contributed by atoms with Crippen LogP contribution in [0.4, 0.5) is 22.7 Å². The summed E-state index contributed by atoms with van der Waals surface area (Å²) >= 11 is 11.6. The van der Waals surface area contributed by atoms with E-state index in [-0.39, 0.29) is 0 Å². The van der Waals surface area contributed by atoms with Crippen molar-refractivity contribution in [2.45, 2.75) is 0 Å². The molecular weight excluding hydrogens is 515 g/mol. The Morgan fingerprint density at radius 2 is 1.00 bits per heavy atom. The van der Waals surface area contributed by atoms with Crippen LogP contribution in [-0.2, 0) is 0 Å². The van der Waals surface area contributed by atoms with Crippen LogP contribution >= 0.6 is 23.2 Å². The molecule has 0 atom stereocenters. The molecule has 2 aromatic rings. The molecule has 0 fully saturated rings. The average molecular weight is 519 g/mol. The molecule has 18 nitrogen and oxygen atoms in total. The molecule has 34 heavy (non-hydrogen) atoms. The zero-order chi connectivity index (χ0) is 26.1. The van der Waals surface area contributed by atoms with Gasteiger partial charge in [-0.25, -0.2) is 0 Å². The maximum Gasteiger partial charge on any atom is 0.431 e. The van der Waals surface area contributed by atoms with Crippen LogP contribution in [0.1, 0.15) is 11.1 Å². The Hall–Kier alpha value is -4.84. The lowest BCUT2D eigenvalue weighted by atomic mass is 10.0. The van der Waals surface area contributed by atoms with E-state index >= 15 is 0 Å². The van der Waals surface area contributed by atoms with Crippen LogP contribution in [-0.4, -0.2) is 29.5 Å². The van der Waals surface area contributed by atoms with Crippen LogP contribution in [0, 0.1) is 60.7 Å². The van der Waals surface area contributed by atoms with Crippen molar-refractivity contribution in [3.8, 4) is 0 Å². The van der Waals surface area contributed by atoms with Gasteiger partial charge in [0.2, 0.25) is 0 Å². The van der Waals surface area contributed by atoms with Gasteiger partial charge in [0.25, 0.3) is 0 Å². The molecule has 0 N–H and O–H groups in total. The molecule has 0 unspecified atom stereocenters. The van der Waals surface area contributed by atoms with Crippen LogP contribution in [0.3, 0.4) is 0 Å². The van der Waals surface area contributed by atoms with Crippen molar-refractivity contribution < 1.29 is 29.5 Å². The lowest BCUT2D eigenvalue weighted by Crippen LogP contribution is -2.14. The average Bonchev–Trinajstić information content (AvgIpc) is 2.70. The first kappa shape index (κ1) is 25.4. The summed E-state index contributed by atoms with van der Waals surface area (Å²) in [6, 6.07) is 4.29. The summed E-state index contributed by atoms with van der Waals surface area (Å²) in [7, 11) is 0. The van der Waals surface area contributed by atoms with E-state index in [4.69, 9.17) is 23.2 Å². The highest BCUT2D eigenvalue weighted by atomic mass is 35.5. The molecule has 0 aliphatic heterocycles. The normalized spacial score (nSPS) is 11.4. The number of nitrogens with zero attached hydrogens (tertiary/aromatic N) is 6. The molecule has 0 saturated carbocycles. The zero-order valence-electron chi connectivity index (χ0n) is 15.6. The molecule has 176 valence electrons. The lowest BCUT2D eigenvalue weighted by Gasteiger charge is -2.08. The van der Waals surface area contributed by atoms with Crippen molar-refractivity contribution in [1.82, 2.24) is 0 Å². The Bertz CT molecular complexity index is 1360. The highest BCUT2D eigenvalue weighted by Crippen LogP contribution is 2.53. The van der Waals surface area contributed by atoms with Crippen LogP contribution in [0.15, 0.2) is 24.3 Å². The predicted octanol–water partition coefficient (Wildman–Crippen LogP) is 4.01. The highest BCUT2D eigenvalue weighted by Gasteiger charge is 2.54. The van der Waals surface area contributed by atoms with E-state index in [2.05, 4.69) is 0 Å². The highest BCUT2D eigenvalue weighted by molar-refractivity contribution is 6.36. The van der Waals surface area contributed by atoms with Crippen molar-refractivity contribution in [3.63, 3.8) is 0 Å². The molecule has 0 amide bonds. The van der Waals surface area contributed by atoms with Crippen molar-refractivity contribution in [1.29, 1.82) is 0 Å².